The van der Waals surface area contributed by atoms with Gasteiger partial charge in [-0.2, -0.15) is 0 Å². The molecule has 3 nitrogen and oxygen atoms in total. The molecule has 1 heterocycles. The van der Waals surface area contributed by atoms with Gasteiger partial charge >= 0.3 is 7.60 Å². The highest BCUT2D eigenvalue weighted by Gasteiger charge is 2.47. The van der Waals surface area contributed by atoms with E-state index in [1.165, 1.54) is 7.11 Å². The van der Waals surface area contributed by atoms with E-state index in [1.54, 1.807) is 13.8 Å². The molecule has 0 amide bonds. The summed E-state index contributed by atoms with van der Waals surface area (Å²) < 4.78 is 22.1. The summed E-state index contributed by atoms with van der Waals surface area (Å²) in [6.45, 7) is 3.52. The summed E-state index contributed by atoms with van der Waals surface area (Å²) in [5.74, 6) is 0. The Balaban J connectivity index is 3.20. The smallest absolute Gasteiger partial charge is 0.309 e. The topological polar surface area (TPSA) is 35.5 Å². The van der Waals surface area contributed by atoms with Crippen LogP contribution in [0.15, 0.2) is 10.3 Å². The lowest BCUT2D eigenvalue weighted by Crippen LogP contribution is -2.18. The lowest BCUT2D eigenvalue weighted by atomic mass is 10.1. The van der Waals surface area contributed by atoms with Gasteiger partial charge in [-0.3, -0.25) is 9.09 Å². The normalized spacial score (nSPS) is 32.7. The molecule has 0 fully saturated rings. The fourth-order valence-corrected chi connectivity index (χ4v) is 4.73. The molecule has 0 aromatic carbocycles. The minimum absolute atomic E-state index is 0.403. The van der Waals surface area contributed by atoms with E-state index in [0.717, 1.165) is 0 Å². The van der Waals surface area contributed by atoms with Gasteiger partial charge in [-0.15, -0.1) is 0 Å². The summed E-state index contributed by atoms with van der Waals surface area (Å²) in [6.07, 6.45) is 0. The monoisotopic (exact) mass is 288 g/mol. The second kappa shape index (κ2) is 3.67. The molecule has 1 atom stereocenters. The standard InChI is InChI=1S/C7H11BrClO3P/c1-7(2)6(9)5(4-8)13(10,11-3)12-7/h4H2,1-3H3. The van der Waals surface area contributed by atoms with Crippen molar-refractivity contribution in [3.8, 4) is 0 Å². The van der Waals surface area contributed by atoms with Crippen molar-refractivity contribution in [2.45, 2.75) is 19.4 Å². The van der Waals surface area contributed by atoms with Gasteiger partial charge in [-0.1, -0.05) is 27.5 Å². The molecule has 1 unspecified atom stereocenters. The van der Waals surface area contributed by atoms with Gasteiger partial charge in [0.15, 0.2) is 0 Å². The van der Waals surface area contributed by atoms with Crippen LogP contribution in [0.4, 0.5) is 0 Å². The van der Waals surface area contributed by atoms with Crippen LogP contribution in [0.5, 0.6) is 0 Å². The van der Waals surface area contributed by atoms with Crippen LogP contribution < -0.4 is 0 Å². The van der Waals surface area contributed by atoms with E-state index in [0.29, 0.717) is 15.7 Å². The minimum atomic E-state index is -3.14. The van der Waals surface area contributed by atoms with E-state index >= 15 is 0 Å². The van der Waals surface area contributed by atoms with Crippen molar-refractivity contribution in [3.05, 3.63) is 10.3 Å². The number of hydrogen-bond donors (Lipinski definition) is 0. The molecule has 76 valence electrons. The van der Waals surface area contributed by atoms with Gasteiger partial charge in [0.2, 0.25) is 0 Å². The number of alkyl halides is 1. The van der Waals surface area contributed by atoms with Crippen molar-refractivity contribution < 1.29 is 13.6 Å². The average Bonchev–Trinajstić information content (AvgIpc) is 2.20. The zero-order valence-electron chi connectivity index (χ0n) is 7.63. The van der Waals surface area contributed by atoms with Crippen LogP contribution in [-0.2, 0) is 13.6 Å². The van der Waals surface area contributed by atoms with E-state index in [-0.39, 0.29) is 0 Å². The molecule has 1 aliphatic rings. The van der Waals surface area contributed by atoms with Crippen molar-refractivity contribution in [1.82, 2.24) is 0 Å². The third-order valence-electron chi connectivity index (χ3n) is 1.83. The van der Waals surface area contributed by atoms with Crippen molar-refractivity contribution in [3.63, 3.8) is 0 Å². The van der Waals surface area contributed by atoms with E-state index in [2.05, 4.69) is 15.9 Å². The zero-order chi connectivity index (χ0) is 10.3. The molecule has 0 spiro atoms. The highest BCUT2D eigenvalue weighted by molar-refractivity contribution is 9.09. The van der Waals surface area contributed by atoms with Crippen LogP contribution in [0, 0.1) is 0 Å². The van der Waals surface area contributed by atoms with Crippen LogP contribution in [-0.4, -0.2) is 18.0 Å². The zero-order valence-corrected chi connectivity index (χ0v) is 10.9. The van der Waals surface area contributed by atoms with Gasteiger partial charge in [0.05, 0.1) is 10.3 Å². The Kier molecular flexibility index (Phi) is 3.31. The molecule has 0 aliphatic carbocycles. The molecule has 0 N–H and O–H groups in total. The largest absolute Gasteiger partial charge is 0.360 e. The summed E-state index contributed by atoms with van der Waals surface area (Å²) >= 11 is 9.22. The van der Waals surface area contributed by atoms with Gasteiger partial charge in [0.25, 0.3) is 0 Å². The second-order valence-corrected chi connectivity index (χ2v) is 6.20. The number of allylic oxidation sites excluding steroid dienone is 1. The first-order valence-corrected chi connectivity index (χ1v) is 6.74. The first-order chi connectivity index (χ1) is 5.87. The van der Waals surface area contributed by atoms with Crippen molar-refractivity contribution in [1.29, 1.82) is 0 Å². The second-order valence-electron chi connectivity index (χ2n) is 3.18. The van der Waals surface area contributed by atoms with Crippen molar-refractivity contribution >= 4 is 35.1 Å². The van der Waals surface area contributed by atoms with Crippen LogP contribution in [0.2, 0.25) is 0 Å². The Hall–Kier alpha value is 0.660. The molecule has 0 aromatic heterocycles. The van der Waals surface area contributed by atoms with Gasteiger partial charge in [-0.05, 0) is 13.8 Å². The Morgan fingerprint density at radius 1 is 1.69 bits per heavy atom. The van der Waals surface area contributed by atoms with E-state index in [9.17, 15) is 4.57 Å². The molecule has 13 heavy (non-hydrogen) atoms. The van der Waals surface area contributed by atoms with Crippen LogP contribution in [0.3, 0.4) is 0 Å². The summed E-state index contributed by atoms with van der Waals surface area (Å²) in [4.78, 5) is 0. The predicted octanol–water partition coefficient (Wildman–Crippen LogP) is 3.48. The lowest BCUT2D eigenvalue weighted by molar-refractivity contribution is 0.141. The van der Waals surface area contributed by atoms with Gasteiger partial charge in [0, 0.05) is 12.4 Å². The Morgan fingerprint density at radius 3 is 2.54 bits per heavy atom. The summed E-state index contributed by atoms with van der Waals surface area (Å²) in [5, 5.41) is 1.39. The third-order valence-corrected chi connectivity index (χ3v) is 5.86. The minimum Gasteiger partial charge on any atom is -0.309 e. The molecule has 0 saturated carbocycles. The maximum atomic E-state index is 12.0. The van der Waals surface area contributed by atoms with Gasteiger partial charge < -0.3 is 4.52 Å². The summed E-state index contributed by atoms with van der Waals surface area (Å²) in [7, 11) is -1.78. The molecule has 1 aliphatic heterocycles. The molecular formula is C7H11BrClO3P. The average molecular weight is 289 g/mol. The van der Waals surface area contributed by atoms with Crippen LogP contribution in [0.1, 0.15) is 13.8 Å². The first-order valence-electron chi connectivity index (χ1n) is 3.69. The molecule has 0 saturated heterocycles. The fraction of sp³-hybridized carbons (Fsp3) is 0.714. The third kappa shape index (κ3) is 1.88. The quantitative estimate of drug-likeness (QED) is 0.577. The number of hydrogen-bond acceptors (Lipinski definition) is 3. The Bertz CT molecular complexity index is 300. The van der Waals surface area contributed by atoms with Crippen molar-refractivity contribution in [2.75, 3.05) is 12.4 Å². The molecular weight excluding hydrogens is 278 g/mol. The first kappa shape index (κ1) is 11.7. The SMILES string of the molecule is COP1(=O)OC(C)(C)C(Cl)=C1CBr. The van der Waals surface area contributed by atoms with Crippen LogP contribution >= 0.6 is 35.1 Å². The van der Waals surface area contributed by atoms with E-state index < -0.39 is 13.2 Å². The highest BCUT2D eigenvalue weighted by Crippen LogP contribution is 2.66. The van der Waals surface area contributed by atoms with E-state index in [4.69, 9.17) is 20.6 Å². The van der Waals surface area contributed by atoms with Gasteiger partial charge in [0.1, 0.15) is 5.60 Å². The molecule has 0 bridgehead atoms. The highest BCUT2D eigenvalue weighted by atomic mass is 79.9. The summed E-state index contributed by atoms with van der Waals surface area (Å²) in [5.41, 5.74) is -0.712. The lowest BCUT2D eigenvalue weighted by Gasteiger charge is -2.19. The molecule has 0 radical (unpaired) electrons. The Morgan fingerprint density at radius 2 is 2.23 bits per heavy atom. The molecule has 1 rings (SSSR count). The van der Waals surface area contributed by atoms with Crippen molar-refractivity contribution in [2.24, 2.45) is 0 Å². The van der Waals surface area contributed by atoms with Crippen LogP contribution in [0.25, 0.3) is 0 Å². The molecule has 6 heteroatoms. The fourth-order valence-electron chi connectivity index (χ4n) is 1.14. The molecule has 0 aromatic rings. The van der Waals surface area contributed by atoms with E-state index in [1.807, 2.05) is 0 Å². The maximum Gasteiger partial charge on any atom is 0.360 e. The maximum absolute atomic E-state index is 12.0. The summed E-state index contributed by atoms with van der Waals surface area (Å²) in [6, 6.07) is 0. The number of rotatable bonds is 2. The Labute approximate surface area is 91.1 Å². The predicted molar refractivity (Wildman–Crippen MR) is 56.5 cm³/mol. The van der Waals surface area contributed by atoms with Gasteiger partial charge in [-0.25, -0.2) is 0 Å². The number of halogens is 2.